The molecular formula is C12H22O2. The normalized spacial score (nSPS) is 43.3. The highest BCUT2D eigenvalue weighted by Crippen LogP contribution is 2.41. The highest BCUT2D eigenvalue weighted by molar-refractivity contribution is 4.88. The van der Waals surface area contributed by atoms with E-state index < -0.39 is 0 Å². The molecule has 2 aliphatic carbocycles. The van der Waals surface area contributed by atoms with Crippen molar-refractivity contribution in [2.75, 3.05) is 6.61 Å². The van der Waals surface area contributed by atoms with Gasteiger partial charge in [-0.15, -0.1) is 0 Å². The Bertz CT molecular complexity index is 172. The fourth-order valence-electron chi connectivity index (χ4n) is 3.30. The molecule has 2 saturated carbocycles. The number of rotatable bonds is 2. The van der Waals surface area contributed by atoms with Gasteiger partial charge < -0.3 is 9.84 Å². The summed E-state index contributed by atoms with van der Waals surface area (Å²) in [5.41, 5.74) is 0. The van der Waals surface area contributed by atoms with Gasteiger partial charge in [-0.3, -0.25) is 0 Å². The van der Waals surface area contributed by atoms with Crippen LogP contribution >= 0.6 is 0 Å². The summed E-state index contributed by atoms with van der Waals surface area (Å²) in [5.74, 6) is 1.48. The van der Waals surface area contributed by atoms with E-state index in [0.29, 0.717) is 6.10 Å². The first kappa shape index (κ1) is 10.4. The number of aliphatic hydroxyl groups is 1. The fourth-order valence-corrected chi connectivity index (χ4v) is 3.30. The Hall–Kier alpha value is -0.0800. The second kappa shape index (κ2) is 4.63. The topological polar surface area (TPSA) is 29.5 Å². The van der Waals surface area contributed by atoms with Crippen LogP contribution in [0.1, 0.15) is 45.4 Å². The summed E-state index contributed by atoms with van der Waals surface area (Å²) in [4.78, 5) is 0. The number of hydrogen-bond acceptors (Lipinski definition) is 2. The Morgan fingerprint density at radius 2 is 2.07 bits per heavy atom. The van der Waals surface area contributed by atoms with Crippen LogP contribution in [0.4, 0.5) is 0 Å². The molecule has 1 N–H and O–H groups in total. The average Bonchev–Trinajstić information content (AvgIpc) is 2.18. The lowest BCUT2D eigenvalue weighted by Crippen LogP contribution is -2.39. The first-order valence-electron chi connectivity index (χ1n) is 6.11. The van der Waals surface area contributed by atoms with Crippen molar-refractivity contribution >= 4 is 0 Å². The third kappa shape index (κ3) is 2.12. The third-order valence-corrected chi connectivity index (χ3v) is 3.94. The van der Waals surface area contributed by atoms with E-state index in [1.165, 1.54) is 25.7 Å². The second-order valence-corrected chi connectivity index (χ2v) is 4.82. The van der Waals surface area contributed by atoms with Crippen LogP contribution in [0.5, 0.6) is 0 Å². The van der Waals surface area contributed by atoms with Gasteiger partial charge in [-0.2, -0.15) is 0 Å². The monoisotopic (exact) mass is 198 g/mol. The van der Waals surface area contributed by atoms with Gasteiger partial charge in [-0.25, -0.2) is 0 Å². The van der Waals surface area contributed by atoms with Gasteiger partial charge >= 0.3 is 0 Å². The molecule has 82 valence electrons. The first-order valence-corrected chi connectivity index (χ1v) is 6.11. The van der Waals surface area contributed by atoms with Gasteiger partial charge in [0.1, 0.15) is 0 Å². The van der Waals surface area contributed by atoms with Crippen LogP contribution in [-0.2, 0) is 4.74 Å². The lowest BCUT2D eigenvalue weighted by Gasteiger charge is -2.42. The van der Waals surface area contributed by atoms with Crippen molar-refractivity contribution in [1.29, 1.82) is 0 Å². The Morgan fingerprint density at radius 3 is 2.86 bits per heavy atom. The molecule has 4 unspecified atom stereocenters. The summed E-state index contributed by atoms with van der Waals surface area (Å²) in [6.07, 6.45) is 7.49. The lowest BCUT2D eigenvalue weighted by atomic mass is 9.68. The molecule has 0 spiro atoms. The van der Waals surface area contributed by atoms with Crippen LogP contribution in [0.3, 0.4) is 0 Å². The van der Waals surface area contributed by atoms with Crippen LogP contribution in [0.25, 0.3) is 0 Å². The number of hydrogen-bond donors (Lipinski definition) is 1. The lowest BCUT2D eigenvalue weighted by molar-refractivity contribution is -0.0619. The van der Waals surface area contributed by atoms with Crippen molar-refractivity contribution in [3.8, 4) is 0 Å². The maximum absolute atomic E-state index is 9.62. The maximum Gasteiger partial charge on any atom is 0.0605 e. The summed E-state index contributed by atoms with van der Waals surface area (Å²) < 4.78 is 5.81. The Balaban J connectivity index is 1.95. The van der Waals surface area contributed by atoms with E-state index >= 15 is 0 Å². The van der Waals surface area contributed by atoms with E-state index in [0.717, 1.165) is 31.3 Å². The van der Waals surface area contributed by atoms with Gasteiger partial charge in [0, 0.05) is 6.61 Å². The highest BCUT2D eigenvalue weighted by Gasteiger charge is 2.37. The predicted octanol–water partition coefficient (Wildman–Crippen LogP) is 2.35. The largest absolute Gasteiger partial charge is 0.393 e. The quantitative estimate of drug-likeness (QED) is 0.738. The molecule has 0 amide bonds. The molecule has 0 aromatic rings. The van der Waals surface area contributed by atoms with Crippen molar-refractivity contribution in [2.45, 2.75) is 57.7 Å². The molecule has 0 saturated heterocycles. The summed E-state index contributed by atoms with van der Waals surface area (Å²) in [6.45, 7) is 2.93. The van der Waals surface area contributed by atoms with Crippen LogP contribution in [-0.4, -0.2) is 23.9 Å². The molecule has 0 bridgehead atoms. The van der Waals surface area contributed by atoms with Gasteiger partial charge in [0.2, 0.25) is 0 Å². The SMILES string of the molecule is CCOC1CCCC2CC(O)CCC21. The molecule has 2 heteroatoms. The van der Waals surface area contributed by atoms with Crippen LogP contribution < -0.4 is 0 Å². The molecule has 0 aromatic carbocycles. The van der Waals surface area contributed by atoms with Gasteiger partial charge in [0.15, 0.2) is 0 Å². The minimum absolute atomic E-state index is 0.0309. The van der Waals surface area contributed by atoms with Crippen LogP contribution in [0, 0.1) is 11.8 Å². The molecule has 2 nitrogen and oxygen atoms in total. The number of ether oxygens (including phenoxy) is 1. The minimum atomic E-state index is -0.0309. The Labute approximate surface area is 86.6 Å². The summed E-state index contributed by atoms with van der Waals surface area (Å²) in [6, 6.07) is 0. The van der Waals surface area contributed by atoms with Crippen LogP contribution in [0.2, 0.25) is 0 Å². The van der Waals surface area contributed by atoms with E-state index in [2.05, 4.69) is 6.92 Å². The summed E-state index contributed by atoms with van der Waals surface area (Å²) in [7, 11) is 0. The highest BCUT2D eigenvalue weighted by atomic mass is 16.5. The van der Waals surface area contributed by atoms with Gasteiger partial charge in [-0.1, -0.05) is 6.42 Å². The molecule has 14 heavy (non-hydrogen) atoms. The summed E-state index contributed by atoms with van der Waals surface area (Å²) >= 11 is 0. The predicted molar refractivity (Wildman–Crippen MR) is 56.1 cm³/mol. The van der Waals surface area contributed by atoms with Crippen molar-refractivity contribution in [2.24, 2.45) is 11.8 Å². The van der Waals surface area contributed by atoms with Gasteiger partial charge in [-0.05, 0) is 50.9 Å². The van der Waals surface area contributed by atoms with E-state index in [1.54, 1.807) is 0 Å². The van der Waals surface area contributed by atoms with Gasteiger partial charge in [0.25, 0.3) is 0 Å². The molecule has 0 aliphatic heterocycles. The zero-order chi connectivity index (χ0) is 9.97. The molecule has 0 heterocycles. The molecular weight excluding hydrogens is 176 g/mol. The van der Waals surface area contributed by atoms with Crippen molar-refractivity contribution in [3.63, 3.8) is 0 Å². The standard InChI is InChI=1S/C12H22O2/c1-2-14-12-5-3-4-9-8-10(13)6-7-11(9)12/h9-13H,2-8H2,1H3. The van der Waals surface area contributed by atoms with E-state index in [9.17, 15) is 5.11 Å². The smallest absolute Gasteiger partial charge is 0.0605 e. The van der Waals surface area contributed by atoms with Crippen molar-refractivity contribution in [1.82, 2.24) is 0 Å². The van der Waals surface area contributed by atoms with Gasteiger partial charge in [0.05, 0.1) is 12.2 Å². The number of aliphatic hydroxyl groups excluding tert-OH is 1. The van der Waals surface area contributed by atoms with Crippen LogP contribution in [0.15, 0.2) is 0 Å². The average molecular weight is 198 g/mol. The molecule has 0 radical (unpaired) electrons. The molecule has 0 aromatic heterocycles. The van der Waals surface area contributed by atoms with Crippen molar-refractivity contribution in [3.05, 3.63) is 0 Å². The zero-order valence-corrected chi connectivity index (χ0v) is 9.11. The third-order valence-electron chi connectivity index (χ3n) is 3.94. The fraction of sp³-hybridized carbons (Fsp3) is 1.00. The van der Waals surface area contributed by atoms with E-state index in [1.807, 2.05) is 0 Å². The minimum Gasteiger partial charge on any atom is -0.393 e. The van der Waals surface area contributed by atoms with E-state index in [-0.39, 0.29) is 6.10 Å². The van der Waals surface area contributed by atoms with E-state index in [4.69, 9.17) is 4.74 Å². The molecule has 4 atom stereocenters. The van der Waals surface area contributed by atoms with Crippen molar-refractivity contribution < 1.29 is 9.84 Å². The summed E-state index contributed by atoms with van der Waals surface area (Å²) in [5, 5.41) is 9.62. The molecule has 2 rings (SSSR count). The molecule has 2 fully saturated rings. The second-order valence-electron chi connectivity index (χ2n) is 4.82. The maximum atomic E-state index is 9.62. The molecule has 2 aliphatic rings. The first-order chi connectivity index (χ1) is 6.81. The zero-order valence-electron chi connectivity index (χ0n) is 9.11. The number of fused-ring (bicyclic) bond motifs is 1. The Kier molecular flexibility index (Phi) is 3.45. The Morgan fingerprint density at radius 1 is 1.21 bits per heavy atom.